The summed E-state index contributed by atoms with van der Waals surface area (Å²) in [5.74, 6) is -0.215. The molecule has 1 saturated heterocycles. The third kappa shape index (κ3) is 3.02. The first kappa shape index (κ1) is 14.3. The number of carbonyl (C=O) groups is 1. The third-order valence-electron chi connectivity index (χ3n) is 3.82. The Labute approximate surface area is 130 Å². The van der Waals surface area contributed by atoms with Gasteiger partial charge in [0.15, 0.2) is 0 Å². The molecule has 1 aromatic carbocycles. The van der Waals surface area contributed by atoms with Gasteiger partial charge in [-0.25, -0.2) is 4.79 Å². The van der Waals surface area contributed by atoms with Crippen molar-refractivity contribution < 1.29 is 9.21 Å². The molecule has 0 saturated carbocycles. The highest BCUT2D eigenvalue weighted by Crippen LogP contribution is 2.20. The van der Waals surface area contributed by atoms with E-state index in [9.17, 15) is 9.59 Å². The number of carbonyl (C=O) groups excluding carboxylic acids is 1. The SMILES string of the molecule is O=C(c1cc2cc(Br)ccc2oc1=O)N1CCCCCC1. The second-order valence-electron chi connectivity index (χ2n) is 5.34. The lowest BCUT2D eigenvalue weighted by Gasteiger charge is -2.19. The van der Waals surface area contributed by atoms with Crippen LogP contribution in [-0.2, 0) is 0 Å². The van der Waals surface area contributed by atoms with Crippen molar-refractivity contribution >= 4 is 32.8 Å². The summed E-state index contributed by atoms with van der Waals surface area (Å²) in [7, 11) is 0. The summed E-state index contributed by atoms with van der Waals surface area (Å²) >= 11 is 3.38. The molecule has 4 nitrogen and oxygen atoms in total. The fourth-order valence-corrected chi connectivity index (χ4v) is 3.07. The summed E-state index contributed by atoms with van der Waals surface area (Å²) in [5, 5.41) is 0.752. The van der Waals surface area contributed by atoms with E-state index in [-0.39, 0.29) is 11.5 Å². The van der Waals surface area contributed by atoms with Crippen LogP contribution in [0.5, 0.6) is 0 Å². The summed E-state index contributed by atoms with van der Waals surface area (Å²) in [4.78, 5) is 26.4. The van der Waals surface area contributed by atoms with Gasteiger partial charge in [-0.1, -0.05) is 28.8 Å². The highest BCUT2D eigenvalue weighted by atomic mass is 79.9. The van der Waals surface area contributed by atoms with Crippen LogP contribution in [0.1, 0.15) is 36.0 Å². The second-order valence-corrected chi connectivity index (χ2v) is 6.25. The standard InChI is InChI=1S/C16H16BrNO3/c17-12-5-6-14-11(9-12)10-13(16(20)21-14)15(19)18-7-3-1-2-4-8-18/h5-6,9-10H,1-4,7-8H2. The van der Waals surface area contributed by atoms with E-state index in [1.165, 1.54) is 0 Å². The minimum atomic E-state index is -0.556. The van der Waals surface area contributed by atoms with Gasteiger partial charge in [0.05, 0.1) is 0 Å². The molecular formula is C16H16BrNO3. The Morgan fingerprint density at radius 3 is 2.52 bits per heavy atom. The van der Waals surface area contributed by atoms with E-state index in [0.29, 0.717) is 5.58 Å². The molecule has 0 bridgehead atoms. The van der Waals surface area contributed by atoms with Crippen molar-refractivity contribution in [3.8, 4) is 0 Å². The Kier molecular flexibility index (Phi) is 4.10. The highest BCUT2D eigenvalue weighted by Gasteiger charge is 2.21. The molecule has 3 rings (SSSR count). The number of benzene rings is 1. The normalized spacial score (nSPS) is 16.0. The first-order valence-corrected chi connectivity index (χ1v) is 7.97. The number of rotatable bonds is 1. The number of amides is 1. The molecule has 21 heavy (non-hydrogen) atoms. The summed E-state index contributed by atoms with van der Waals surface area (Å²) in [6, 6.07) is 7.01. The predicted molar refractivity (Wildman–Crippen MR) is 84.6 cm³/mol. The van der Waals surface area contributed by atoms with Crippen LogP contribution in [0, 0.1) is 0 Å². The number of hydrogen-bond acceptors (Lipinski definition) is 3. The fraction of sp³-hybridized carbons (Fsp3) is 0.375. The first-order chi connectivity index (χ1) is 10.1. The van der Waals surface area contributed by atoms with Crippen LogP contribution in [-0.4, -0.2) is 23.9 Å². The number of halogens is 1. The van der Waals surface area contributed by atoms with Crippen molar-refractivity contribution in [1.29, 1.82) is 0 Å². The monoisotopic (exact) mass is 349 g/mol. The predicted octanol–water partition coefficient (Wildman–Crippen LogP) is 3.57. The first-order valence-electron chi connectivity index (χ1n) is 7.18. The summed E-state index contributed by atoms with van der Waals surface area (Å²) in [5.41, 5.74) is 0.0668. The highest BCUT2D eigenvalue weighted by molar-refractivity contribution is 9.10. The molecule has 1 fully saturated rings. The minimum Gasteiger partial charge on any atom is -0.422 e. The van der Waals surface area contributed by atoms with Gasteiger partial charge in [-0.2, -0.15) is 0 Å². The van der Waals surface area contributed by atoms with Crippen LogP contribution in [0.15, 0.2) is 37.9 Å². The molecule has 0 N–H and O–H groups in total. The van der Waals surface area contributed by atoms with Crippen molar-refractivity contribution in [1.82, 2.24) is 4.90 Å². The largest absolute Gasteiger partial charge is 0.422 e. The zero-order chi connectivity index (χ0) is 14.8. The Morgan fingerprint density at radius 1 is 1.10 bits per heavy atom. The number of fused-ring (bicyclic) bond motifs is 1. The Balaban J connectivity index is 2.00. The van der Waals surface area contributed by atoms with E-state index in [2.05, 4.69) is 15.9 Å². The summed E-state index contributed by atoms with van der Waals surface area (Å²) in [6.45, 7) is 1.43. The molecule has 0 unspecified atom stereocenters. The van der Waals surface area contributed by atoms with Crippen LogP contribution in [0.2, 0.25) is 0 Å². The molecule has 2 heterocycles. The third-order valence-corrected chi connectivity index (χ3v) is 4.31. The van der Waals surface area contributed by atoms with Crippen LogP contribution >= 0.6 is 15.9 Å². The van der Waals surface area contributed by atoms with Crippen molar-refractivity contribution in [2.45, 2.75) is 25.7 Å². The van der Waals surface area contributed by atoms with Crippen molar-refractivity contribution in [3.63, 3.8) is 0 Å². The zero-order valence-corrected chi connectivity index (χ0v) is 13.2. The molecule has 1 aliphatic rings. The van der Waals surface area contributed by atoms with Gasteiger partial charge in [0.2, 0.25) is 0 Å². The number of hydrogen-bond donors (Lipinski definition) is 0. The smallest absolute Gasteiger partial charge is 0.349 e. The van der Waals surface area contributed by atoms with E-state index in [1.54, 1.807) is 17.0 Å². The van der Waals surface area contributed by atoms with E-state index in [1.807, 2.05) is 12.1 Å². The molecule has 5 heteroatoms. The lowest BCUT2D eigenvalue weighted by molar-refractivity contribution is 0.0757. The molecule has 0 spiro atoms. The molecule has 2 aromatic rings. The van der Waals surface area contributed by atoms with Gasteiger partial charge in [0.25, 0.3) is 5.91 Å². The molecule has 1 aliphatic heterocycles. The van der Waals surface area contributed by atoms with Gasteiger partial charge in [0.1, 0.15) is 11.1 Å². The van der Waals surface area contributed by atoms with Crippen molar-refractivity contribution in [2.24, 2.45) is 0 Å². The van der Waals surface area contributed by atoms with Gasteiger partial charge in [-0.3, -0.25) is 4.79 Å². The molecule has 0 atom stereocenters. The van der Waals surface area contributed by atoms with Crippen molar-refractivity contribution in [2.75, 3.05) is 13.1 Å². The van der Waals surface area contributed by atoms with Crippen molar-refractivity contribution in [3.05, 3.63) is 44.7 Å². The Morgan fingerprint density at radius 2 is 1.81 bits per heavy atom. The molecule has 0 aliphatic carbocycles. The quantitative estimate of drug-likeness (QED) is 0.739. The Hall–Kier alpha value is -1.62. The van der Waals surface area contributed by atoms with E-state index in [0.717, 1.165) is 48.6 Å². The maximum absolute atomic E-state index is 12.6. The topological polar surface area (TPSA) is 50.5 Å². The van der Waals surface area contributed by atoms with Crippen LogP contribution < -0.4 is 5.63 Å². The van der Waals surface area contributed by atoms with E-state index in [4.69, 9.17) is 4.42 Å². The summed E-state index contributed by atoms with van der Waals surface area (Å²) in [6.07, 6.45) is 4.28. The maximum atomic E-state index is 12.6. The van der Waals surface area contributed by atoms with Gasteiger partial charge >= 0.3 is 5.63 Å². The molecule has 110 valence electrons. The second kappa shape index (κ2) is 6.02. The van der Waals surface area contributed by atoms with Crippen LogP contribution in [0.25, 0.3) is 11.0 Å². The average molecular weight is 350 g/mol. The lowest BCUT2D eigenvalue weighted by atomic mass is 10.1. The number of nitrogens with zero attached hydrogens (tertiary/aromatic N) is 1. The maximum Gasteiger partial charge on any atom is 0.349 e. The molecule has 1 amide bonds. The summed E-state index contributed by atoms with van der Waals surface area (Å²) < 4.78 is 6.15. The lowest BCUT2D eigenvalue weighted by Crippen LogP contribution is -2.34. The average Bonchev–Trinajstić information content (AvgIpc) is 2.75. The van der Waals surface area contributed by atoms with Gasteiger partial charge in [0, 0.05) is 22.9 Å². The molecular weight excluding hydrogens is 334 g/mol. The fourth-order valence-electron chi connectivity index (χ4n) is 2.69. The van der Waals surface area contributed by atoms with E-state index < -0.39 is 5.63 Å². The Bertz CT molecular complexity index is 730. The zero-order valence-electron chi connectivity index (χ0n) is 11.6. The van der Waals surface area contributed by atoms with Crippen LogP contribution in [0.4, 0.5) is 0 Å². The molecule has 1 aromatic heterocycles. The molecule has 0 radical (unpaired) electrons. The van der Waals surface area contributed by atoms with Gasteiger partial charge in [-0.05, 0) is 37.1 Å². The van der Waals surface area contributed by atoms with Gasteiger partial charge in [-0.15, -0.1) is 0 Å². The van der Waals surface area contributed by atoms with Gasteiger partial charge < -0.3 is 9.32 Å². The van der Waals surface area contributed by atoms with E-state index >= 15 is 0 Å². The minimum absolute atomic E-state index is 0.127. The van der Waals surface area contributed by atoms with Crippen LogP contribution in [0.3, 0.4) is 0 Å². The number of likely N-dealkylation sites (tertiary alicyclic amines) is 1.